The molecule has 0 aliphatic rings. The van der Waals surface area contributed by atoms with Gasteiger partial charge in [-0.3, -0.25) is 0 Å². The van der Waals surface area contributed by atoms with Crippen LogP contribution < -0.4 is 10.0 Å². The lowest BCUT2D eigenvalue weighted by Crippen LogP contribution is -2.39. The number of rotatable bonds is 6. The summed E-state index contributed by atoms with van der Waals surface area (Å²) in [6, 6.07) is 1.35. The van der Waals surface area contributed by atoms with Crippen LogP contribution in [0.2, 0.25) is 0 Å². The summed E-state index contributed by atoms with van der Waals surface area (Å²) >= 11 is 2.83. The summed E-state index contributed by atoms with van der Waals surface area (Å²) < 4.78 is 52.5. The lowest BCUT2D eigenvalue weighted by Gasteiger charge is -2.14. The lowest BCUT2D eigenvalue weighted by atomic mass is 10.3. The van der Waals surface area contributed by atoms with Gasteiger partial charge >= 0.3 is 0 Å². The summed E-state index contributed by atoms with van der Waals surface area (Å²) in [5.74, 6) is -1.97. The standard InChI is InChI=1S/C11H15BrF2N2O2S/c1-3-15-7(2)6-16-19(17,18)11-4-8(12)9(13)5-10(11)14/h4-5,7,15-16H,3,6H2,1-2H3/t7-/m1/s1. The Morgan fingerprint density at radius 1 is 1.32 bits per heavy atom. The van der Waals surface area contributed by atoms with Crippen LogP contribution in [0.4, 0.5) is 8.78 Å². The minimum absolute atomic E-state index is 0.0910. The van der Waals surface area contributed by atoms with Gasteiger partial charge in [-0.25, -0.2) is 21.9 Å². The lowest BCUT2D eigenvalue weighted by molar-refractivity contribution is 0.523. The fourth-order valence-electron chi connectivity index (χ4n) is 1.44. The number of sulfonamides is 1. The first-order chi connectivity index (χ1) is 8.77. The van der Waals surface area contributed by atoms with Gasteiger partial charge in [-0.15, -0.1) is 0 Å². The van der Waals surface area contributed by atoms with Gasteiger partial charge < -0.3 is 5.32 Å². The van der Waals surface area contributed by atoms with E-state index < -0.39 is 26.6 Å². The number of likely N-dealkylation sites (N-methyl/N-ethyl adjacent to an activating group) is 1. The topological polar surface area (TPSA) is 58.2 Å². The third kappa shape index (κ3) is 4.48. The second-order valence-electron chi connectivity index (χ2n) is 4.01. The molecule has 0 heterocycles. The van der Waals surface area contributed by atoms with Gasteiger partial charge in [-0.1, -0.05) is 6.92 Å². The van der Waals surface area contributed by atoms with Gasteiger partial charge in [0.15, 0.2) is 0 Å². The molecule has 0 aromatic heterocycles. The zero-order valence-electron chi connectivity index (χ0n) is 10.5. The molecule has 19 heavy (non-hydrogen) atoms. The molecule has 108 valence electrons. The Balaban J connectivity index is 2.92. The fourth-order valence-corrected chi connectivity index (χ4v) is 3.15. The number of nitrogens with one attached hydrogen (secondary N) is 2. The van der Waals surface area contributed by atoms with Crippen molar-refractivity contribution in [2.75, 3.05) is 13.1 Å². The summed E-state index contributed by atoms with van der Waals surface area (Å²) in [4.78, 5) is -0.579. The van der Waals surface area contributed by atoms with Crippen molar-refractivity contribution < 1.29 is 17.2 Å². The van der Waals surface area contributed by atoms with E-state index in [-0.39, 0.29) is 17.1 Å². The molecule has 4 nitrogen and oxygen atoms in total. The summed E-state index contributed by atoms with van der Waals surface area (Å²) in [6.07, 6.45) is 0. The molecule has 0 bridgehead atoms. The highest BCUT2D eigenvalue weighted by Gasteiger charge is 2.21. The van der Waals surface area contributed by atoms with Crippen molar-refractivity contribution in [3.05, 3.63) is 28.2 Å². The molecule has 0 amide bonds. The van der Waals surface area contributed by atoms with Gasteiger partial charge in [0.25, 0.3) is 0 Å². The number of hydrogen-bond donors (Lipinski definition) is 2. The minimum Gasteiger partial charge on any atom is -0.313 e. The molecule has 1 atom stereocenters. The summed E-state index contributed by atoms with van der Waals surface area (Å²) in [7, 11) is -4.01. The van der Waals surface area contributed by atoms with E-state index in [4.69, 9.17) is 0 Å². The van der Waals surface area contributed by atoms with Gasteiger partial charge in [-0.05, 0) is 35.5 Å². The first-order valence-electron chi connectivity index (χ1n) is 5.65. The van der Waals surface area contributed by atoms with E-state index in [1.807, 2.05) is 6.92 Å². The first kappa shape index (κ1) is 16.5. The van der Waals surface area contributed by atoms with Gasteiger partial charge in [0.05, 0.1) is 4.47 Å². The molecule has 0 unspecified atom stereocenters. The van der Waals surface area contributed by atoms with E-state index in [2.05, 4.69) is 26.0 Å². The molecule has 8 heteroatoms. The smallest absolute Gasteiger partial charge is 0.243 e. The molecule has 0 radical (unpaired) electrons. The molecule has 1 aromatic carbocycles. The molecule has 0 saturated carbocycles. The van der Waals surface area contributed by atoms with E-state index in [0.29, 0.717) is 12.6 Å². The zero-order chi connectivity index (χ0) is 14.6. The van der Waals surface area contributed by atoms with Crippen LogP contribution in [-0.4, -0.2) is 27.5 Å². The largest absolute Gasteiger partial charge is 0.313 e. The number of halogens is 3. The maximum atomic E-state index is 13.5. The molecular weight excluding hydrogens is 342 g/mol. The molecule has 0 spiro atoms. The van der Waals surface area contributed by atoms with Crippen LogP contribution in [0, 0.1) is 11.6 Å². The molecule has 2 N–H and O–H groups in total. The van der Waals surface area contributed by atoms with Gasteiger partial charge in [-0.2, -0.15) is 0 Å². The maximum Gasteiger partial charge on any atom is 0.243 e. The van der Waals surface area contributed by atoms with Crippen molar-refractivity contribution in [3.63, 3.8) is 0 Å². The molecule has 0 aliphatic heterocycles. The minimum atomic E-state index is -4.01. The third-order valence-electron chi connectivity index (χ3n) is 2.40. The zero-order valence-corrected chi connectivity index (χ0v) is 12.9. The Morgan fingerprint density at radius 3 is 2.53 bits per heavy atom. The van der Waals surface area contributed by atoms with E-state index in [9.17, 15) is 17.2 Å². The van der Waals surface area contributed by atoms with E-state index >= 15 is 0 Å². The van der Waals surface area contributed by atoms with Crippen LogP contribution in [0.1, 0.15) is 13.8 Å². The predicted molar refractivity (Wildman–Crippen MR) is 72.4 cm³/mol. The highest BCUT2D eigenvalue weighted by Crippen LogP contribution is 2.23. The average molecular weight is 357 g/mol. The Bertz CT molecular complexity index is 552. The summed E-state index contributed by atoms with van der Waals surface area (Å²) in [5.41, 5.74) is 0. The van der Waals surface area contributed by atoms with Crippen LogP contribution in [0.25, 0.3) is 0 Å². The van der Waals surface area contributed by atoms with Crippen LogP contribution >= 0.6 is 15.9 Å². The molecule has 0 saturated heterocycles. The van der Waals surface area contributed by atoms with E-state index in [1.165, 1.54) is 0 Å². The van der Waals surface area contributed by atoms with Crippen molar-refractivity contribution in [1.82, 2.24) is 10.0 Å². The number of benzene rings is 1. The summed E-state index contributed by atoms with van der Waals surface area (Å²) in [5, 5.41) is 3.01. The Labute approximate surface area is 119 Å². The van der Waals surface area contributed by atoms with Crippen LogP contribution in [0.15, 0.2) is 21.5 Å². The maximum absolute atomic E-state index is 13.5. The van der Waals surface area contributed by atoms with Gasteiger partial charge in [0.1, 0.15) is 16.5 Å². The van der Waals surface area contributed by atoms with Crippen LogP contribution in [0.5, 0.6) is 0 Å². The number of hydrogen-bond acceptors (Lipinski definition) is 3. The predicted octanol–water partition coefficient (Wildman–Crippen LogP) is 2.00. The van der Waals surface area contributed by atoms with Crippen molar-refractivity contribution in [3.8, 4) is 0 Å². The monoisotopic (exact) mass is 356 g/mol. The van der Waals surface area contributed by atoms with E-state index in [0.717, 1.165) is 6.07 Å². The normalized spacial score (nSPS) is 13.5. The fraction of sp³-hybridized carbons (Fsp3) is 0.455. The Kier molecular flexibility index (Phi) is 5.84. The highest BCUT2D eigenvalue weighted by molar-refractivity contribution is 9.10. The first-order valence-corrected chi connectivity index (χ1v) is 7.93. The molecular formula is C11H15BrF2N2O2S. The molecule has 0 fully saturated rings. The quantitative estimate of drug-likeness (QED) is 0.766. The molecule has 0 aliphatic carbocycles. The van der Waals surface area contributed by atoms with Crippen molar-refractivity contribution >= 4 is 26.0 Å². The van der Waals surface area contributed by atoms with Crippen molar-refractivity contribution in [2.24, 2.45) is 0 Å². The highest BCUT2D eigenvalue weighted by atomic mass is 79.9. The third-order valence-corrected chi connectivity index (χ3v) is 4.44. The average Bonchev–Trinajstić information content (AvgIpc) is 2.31. The van der Waals surface area contributed by atoms with Crippen molar-refractivity contribution in [2.45, 2.75) is 24.8 Å². The Hall–Kier alpha value is -0.570. The van der Waals surface area contributed by atoms with E-state index in [1.54, 1.807) is 6.92 Å². The molecule has 1 rings (SSSR count). The molecule has 1 aromatic rings. The summed E-state index contributed by atoms with van der Waals surface area (Å²) in [6.45, 7) is 4.49. The van der Waals surface area contributed by atoms with Gasteiger partial charge in [0, 0.05) is 18.7 Å². The van der Waals surface area contributed by atoms with Crippen LogP contribution in [0.3, 0.4) is 0 Å². The van der Waals surface area contributed by atoms with Crippen molar-refractivity contribution in [1.29, 1.82) is 0 Å². The van der Waals surface area contributed by atoms with Gasteiger partial charge in [0.2, 0.25) is 10.0 Å². The van der Waals surface area contributed by atoms with Crippen LogP contribution in [-0.2, 0) is 10.0 Å². The second kappa shape index (κ2) is 6.74. The SMILES string of the molecule is CCN[C@H](C)CNS(=O)(=O)c1cc(Br)c(F)cc1F. The Morgan fingerprint density at radius 2 is 1.95 bits per heavy atom. The second-order valence-corrected chi connectivity index (χ2v) is 6.60.